The molecule has 3 nitrogen and oxygen atoms in total. The van der Waals surface area contributed by atoms with Crippen LogP contribution in [0.3, 0.4) is 0 Å². The number of hydrogen-bond donors (Lipinski definition) is 1. The highest BCUT2D eigenvalue weighted by Crippen LogP contribution is 2.33. The molecule has 1 aliphatic rings. The average molecular weight is 221 g/mol. The second kappa shape index (κ2) is 3.28. The van der Waals surface area contributed by atoms with Crippen molar-refractivity contribution >= 4 is 17.5 Å². The third-order valence-electron chi connectivity index (χ3n) is 2.55. The summed E-state index contributed by atoms with van der Waals surface area (Å²) in [7, 11) is 0. The highest BCUT2D eigenvalue weighted by molar-refractivity contribution is 6.30. The van der Waals surface area contributed by atoms with Gasteiger partial charge in [-0.3, -0.25) is 0 Å². The van der Waals surface area contributed by atoms with Crippen LogP contribution < -0.4 is 5.32 Å². The van der Waals surface area contributed by atoms with Gasteiger partial charge in [0.05, 0.1) is 0 Å². The van der Waals surface area contributed by atoms with Crippen molar-refractivity contribution < 1.29 is 4.52 Å². The molecule has 0 unspecified atom stereocenters. The number of nitrogens with one attached hydrogen (secondary N) is 1. The first-order valence-electron chi connectivity index (χ1n) is 4.83. The van der Waals surface area contributed by atoms with Crippen LogP contribution in [-0.2, 0) is 6.42 Å². The zero-order chi connectivity index (χ0) is 10.3. The Morgan fingerprint density at radius 2 is 2.33 bits per heavy atom. The van der Waals surface area contributed by atoms with E-state index in [0.29, 0.717) is 0 Å². The van der Waals surface area contributed by atoms with E-state index in [0.717, 1.165) is 40.7 Å². The summed E-state index contributed by atoms with van der Waals surface area (Å²) in [4.78, 5) is 0. The van der Waals surface area contributed by atoms with Gasteiger partial charge in [-0.05, 0) is 18.6 Å². The van der Waals surface area contributed by atoms with E-state index in [2.05, 4.69) is 10.5 Å². The minimum atomic E-state index is 0.718. The molecule has 1 aromatic carbocycles. The van der Waals surface area contributed by atoms with Crippen LogP contribution in [0, 0.1) is 0 Å². The lowest BCUT2D eigenvalue weighted by Crippen LogP contribution is -1.92. The van der Waals surface area contributed by atoms with E-state index in [4.69, 9.17) is 16.1 Å². The van der Waals surface area contributed by atoms with E-state index in [1.165, 1.54) is 0 Å². The summed E-state index contributed by atoms with van der Waals surface area (Å²) in [6.07, 6.45) is 0.959. The first-order valence-corrected chi connectivity index (χ1v) is 5.21. The summed E-state index contributed by atoms with van der Waals surface area (Å²) in [6, 6.07) is 7.66. The van der Waals surface area contributed by atoms with E-state index < -0.39 is 0 Å². The van der Waals surface area contributed by atoms with Crippen molar-refractivity contribution in [2.24, 2.45) is 0 Å². The molecule has 3 rings (SSSR count). The van der Waals surface area contributed by atoms with Gasteiger partial charge in [-0.1, -0.05) is 28.9 Å². The number of aromatic nitrogens is 1. The first-order chi connectivity index (χ1) is 7.34. The number of fused-ring (bicyclic) bond motifs is 1. The average Bonchev–Trinajstić information content (AvgIpc) is 2.77. The van der Waals surface area contributed by atoms with Gasteiger partial charge in [0.25, 0.3) is 0 Å². The molecule has 0 radical (unpaired) electrons. The van der Waals surface area contributed by atoms with Crippen molar-refractivity contribution in [1.82, 2.24) is 5.16 Å². The molecule has 0 saturated heterocycles. The maximum absolute atomic E-state index is 5.94. The fourth-order valence-electron chi connectivity index (χ4n) is 1.84. The normalized spacial score (nSPS) is 13.7. The van der Waals surface area contributed by atoms with Gasteiger partial charge in [0.1, 0.15) is 5.69 Å². The molecule has 4 heteroatoms. The predicted molar refractivity (Wildman–Crippen MR) is 59.1 cm³/mol. The standard InChI is InChI=1S/C11H9ClN2O/c12-8-3-1-2-7(6-8)10-9-4-5-13-11(9)15-14-10/h1-3,6,13H,4-5H2. The summed E-state index contributed by atoms with van der Waals surface area (Å²) in [5.74, 6) is 0.796. The Morgan fingerprint density at radius 1 is 1.40 bits per heavy atom. The molecular weight excluding hydrogens is 212 g/mol. The third kappa shape index (κ3) is 1.39. The molecule has 0 fully saturated rings. The molecule has 1 aromatic heterocycles. The van der Waals surface area contributed by atoms with Gasteiger partial charge in [-0.2, -0.15) is 0 Å². The molecule has 1 aliphatic heterocycles. The van der Waals surface area contributed by atoms with Gasteiger partial charge in [0.15, 0.2) is 0 Å². The molecular formula is C11H9ClN2O. The molecule has 0 saturated carbocycles. The number of anilines is 1. The van der Waals surface area contributed by atoms with Crippen LogP contribution in [0.4, 0.5) is 5.88 Å². The van der Waals surface area contributed by atoms with E-state index in [1.54, 1.807) is 0 Å². The van der Waals surface area contributed by atoms with Crippen molar-refractivity contribution in [3.05, 3.63) is 34.9 Å². The monoisotopic (exact) mass is 220 g/mol. The quantitative estimate of drug-likeness (QED) is 0.803. The highest BCUT2D eigenvalue weighted by Gasteiger charge is 2.21. The molecule has 2 aromatic rings. The largest absolute Gasteiger partial charge is 0.353 e. The summed E-state index contributed by atoms with van der Waals surface area (Å²) < 4.78 is 5.20. The van der Waals surface area contributed by atoms with Gasteiger partial charge >= 0.3 is 0 Å². The minimum absolute atomic E-state index is 0.718. The van der Waals surface area contributed by atoms with E-state index in [9.17, 15) is 0 Å². The van der Waals surface area contributed by atoms with Crippen molar-refractivity contribution in [1.29, 1.82) is 0 Å². The third-order valence-corrected chi connectivity index (χ3v) is 2.78. The number of hydrogen-bond acceptors (Lipinski definition) is 3. The van der Waals surface area contributed by atoms with Crippen LogP contribution in [0.1, 0.15) is 5.56 Å². The predicted octanol–water partition coefficient (Wildman–Crippen LogP) is 2.96. The van der Waals surface area contributed by atoms with Crippen LogP contribution in [0.2, 0.25) is 5.02 Å². The number of nitrogens with zero attached hydrogens (tertiary/aromatic N) is 1. The molecule has 2 heterocycles. The molecule has 0 atom stereocenters. The van der Waals surface area contributed by atoms with Crippen molar-refractivity contribution in [3.8, 4) is 11.3 Å². The van der Waals surface area contributed by atoms with Crippen LogP contribution >= 0.6 is 11.6 Å². The number of benzene rings is 1. The van der Waals surface area contributed by atoms with Gasteiger partial charge in [-0.25, -0.2) is 0 Å². The Hall–Kier alpha value is -1.48. The second-order valence-corrected chi connectivity index (χ2v) is 3.96. The zero-order valence-electron chi connectivity index (χ0n) is 7.96. The summed E-state index contributed by atoms with van der Waals surface area (Å²) >= 11 is 5.94. The van der Waals surface area contributed by atoms with E-state index in [-0.39, 0.29) is 0 Å². The Kier molecular flexibility index (Phi) is 1.92. The van der Waals surface area contributed by atoms with Crippen LogP contribution in [0.25, 0.3) is 11.3 Å². The van der Waals surface area contributed by atoms with E-state index >= 15 is 0 Å². The van der Waals surface area contributed by atoms with Crippen molar-refractivity contribution in [2.75, 3.05) is 11.9 Å². The summed E-state index contributed by atoms with van der Waals surface area (Å²) in [6.45, 7) is 0.921. The van der Waals surface area contributed by atoms with Crippen LogP contribution in [0.5, 0.6) is 0 Å². The van der Waals surface area contributed by atoms with Crippen LogP contribution in [0.15, 0.2) is 28.8 Å². The minimum Gasteiger partial charge on any atom is -0.353 e. The summed E-state index contributed by atoms with van der Waals surface area (Å²) in [5.41, 5.74) is 3.06. The van der Waals surface area contributed by atoms with Crippen molar-refractivity contribution in [3.63, 3.8) is 0 Å². The molecule has 0 aliphatic carbocycles. The first kappa shape index (κ1) is 8.80. The molecule has 0 spiro atoms. The van der Waals surface area contributed by atoms with Gasteiger partial charge in [0.2, 0.25) is 5.88 Å². The Balaban J connectivity index is 2.13. The SMILES string of the molecule is Clc1cccc(-c2noc3c2CCN3)c1. The lowest BCUT2D eigenvalue weighted by atomic mass is 10.1. The van der Waals surface area contributed by atoms with Gasteiger partial charge < -0.3 is 9.84 Å². The fraction of sp³-hybridized carbons (Fsp3) is 0.182. The fourth-order valence-corrected chi connectivity index (χ4v) is 2.03. The molecule has 15 heavy (non-hydrogen) atoms. The van der Waals surface area contributed by atoms with Crippen molar-refractivity contribution in [2.45, 2.75) is 6.42 Å². The van der Waals surface area contributed by atoms with Gasteiger partial charge in [-0.15, -0.1) is 0 Å². The Morgan fingerprint density at radius 3 is 3.20 bits per heavy atom. The molecule has 1 N–H and O–H groups in total. The Bertz CT molecular complexity index is 507. The van der Waals surface area contributed by atoms with E-state index in [1.807, 2.05) is 24.3 Å². The maximum Gasteiger partial charge on any atom is 0.228 e. The molecule has 76 valence electrons. The molecule has 0 amide bonds. The number of halogens is 1. The van der Waals surface area contributed by atoms with Gasteiger partial charge in [0, 0.05) is 22.7 Å². The topological polar surface area (TPSA) is 38.1 Å². The Labute approximate surface area is 92.0 Å². The van der Waals surface area contributed by atoms with Crippen LogP contribution in [-0.4, -0.2) is 11.7 Å². The zero-order valence-corrected chi connectivity index (χ0v) is 8.71. The second-order valence-electron chi connectivity index (χ2n) is 3.53. The lowest BCUT2D eigenvalue weighted by Gasteiger charge is -1.98. The molecule has 0 bridgehead atoms. The maximum atomic E-state index is 5.94. The lowest BCUT2D eigenvalue weighted by molar-refractivity contribution is 0.436. The smallest absolute Gasteiger partial charge is 0.228 e. The number of rotatable bonds is 1. The highest BCUT2D eigenvalue weighted by atomic mass is 35.5. The summed E-state index contributed by atoms with van der Waals surface area (Å²) in [5, 5.41) is 7.91.